The molecule has 5 atom stereocenters. The molecule has 2 fully saturated rings. The Balaban J connectivity index is 2.27. The summed E-state index contributed by atoms with van der Waals surface area (Å²) in [5, 5.41) is 10.3. The van der Waals surface area contributed by atoms with Crippen molar-refractivity contribution in [2.24, 2.45) is 23.5 Å². The minimum Gasteiger partial charge on any atom is -0.391 e. The molecular weight excluding hydrogens is 186 g/mol. The monoisotopic (exact) mass is 211 g/mol. The van der Waals surface area contributed by atoms with Crippen LogP contribution in [0.2, 0.25) is 0 Å². The molecule has 0 radical (unpaired) electrons. The van der Waals surface area contributed by atoms with Crippen LogP contribution in [0.5, 0.6) is 0 Å². The van der Waals surface area contributed by atoms with Gasteiger partial charge in [0.1, 0.15) is 0 Å². The lowest BCUT2D eigenvalue weighted by atomic mass is 9.55. The molecule has 0 aromatic heterocycles. The first kappa shape index (κ1) is 11.4. The van der Waals surface area contributed by atoms with Crippen molar-refractivity contribution in [3.05, 3.63) is 0 Å². The first-order chi connectivity index (χ1) is 7.10. The van der Waals surface area contributed by atoms with Gasteiger partial charge in [0, 0.05) is 5.54 Å². The van der Waals surface area contributed by atoms with E-state index in [2.05, 4.69) is 13.8 Å². The minimum atomic E-state index is -0.273. The second-order valence-electron chi connectivity index (χ2n) is 5.71. The van der Waals surface area contributed by atoms with E-state index in [1.165, 1.54) is 19.3 Å². The Kier molecular flexibility index (Phi) is 3.09. The molecule has 88 valence electrons. The normalized spacial score (nSPS) is 51.2. The molecule has 0 spiro atoms. The van der Waals surface area contributed by atoms with Crippen LogP contribution in [0.4, 0.5) is 0 Å². The molecule has 3 N–H and O–H groups in total. The van der Waals surface area contributed by atoms with Gasteiger partial charge in [-0.2, -0.15) is 0 Å². The quantitative estimate of drug-likeness (QED) is 0.699. The van der Waals surface area contributed by atoms with Gasteiger partial charge in [-0.3, -0.25) is 0 Å². The fraction of sp³-hybridized carbons (Fsp3) is 1.00. The van der Waals surface area contributed by atoms with Crippen molar-refractivity contribution in [2.45, 2.75) is 64.0 Å². The third kappa shape index (κ3) is 1.62. The summed E-state index contributed by atoms with van der Waals surface area (Å²) in [6, 6.07) is 0. The minimum absolute atomic E-state index is 0.260. The predicted octanol–water partition coefficient (Wildman–Crippen LogP) is 2.30. The van der Waals surface area contributed by atoms with Crippen molar-refractivity contribution in [3.8, 4) is 0 Å². The second-order valence-corrected chi connectivity index (χ2v) is 5.71. The SMILES string of the molecule is CCC1C(C)CCC2CCC[C@H](O)C21N. The number of aliphatic hydroxyl groups is 1. The molecule has 0 amide bonds. The van der Waals surface area contributed by atoms with Gasteiger partial charge in [-0.1, -0.05) is 33.1 Å². The maximum Gasteiger partial charge on any atom is 0.0725 e. The standard InChI is InChI=1S/C13H25NO/c1-3-11-9(2)7-8-10-5-4-6-12(15)13(10,11)14/h9-12,15H,3-8,14H2,1-2H3/t9?,10?,11?,12-,13?/m0/s1. The van der Waals surface area contributed by atoms with Crippen LogP contribution in [-0.4, -0.2) is 16.7 Å². The first-order valence-electron chi connectivity index (χ1n) is 6.57. The van der Waals surface area contributed by atoms with E-state index in [9.17, 15) is 5.11 Å². The average Bonchev–Trinajstić information content (AvgIpc) is 2.20. The molecule has 0 aliphatic heterocycles. The molecular formula is C13H25NO. The Hall–Kier alpha value is -0.0800. The van der Waals surface area contributed by atoms with Crippen LogP contribution in [0.15, 0.2) is 0 Å². The van der Waals surface area contributed by atoms with E-state index in [1.807, 2.05) is 0 Å². The number of rotatable bonds is 1. The van der Waals surface area contributed by atoms with Crippen molar-refractivity contribution in [2.75, 3.05) is 0 Å². The second kappa shape index (κ2) is 4.06. The highest BCUT2D eigenvalue weighted by Gasteiger charge is 2.52. The third-order valence-electron chi connectivity index (χ3n) is 5.05. The highest BCUT2D eigenvalue weighted by Crippen LogP contribution is 2.48. The average molecular weight is 211 g/mol. The summed E-state index contributed by atoms with van der Waals surface area (Å²) >= 11 is 0. The van der Waals surface area contributed by atoms with Crippen LogP contribution in [0.3, 0.4) is 0 Å². The van der Waals surface area contributed by atoms with Crippen molar-refractivity contribution in [1.82, 2.24) is 0 Å². The number of fused-ring (bicyclic) bond motifs is 1. The van der Waals surface area contributed by atoms with Crippen LogP contribution < -0.4 is 5.73 Å². The molecule has 0 bridgehead atoms. The van der Waals surface area contributed by atoms with Gasteiger partial charge in [0.25, 0.3) is 0 Å². The van der Waals surface area contributed by atoms with E-state index in [4.69, 9.17) is 5.73 Å². The van der Waals surface area contributed by atoms with Crippen LogP contribution >= 0.6 is 0 Å². The van der Waals surface area contributed by atoms with Crippen molar-refractivity contribution in [3.63, 3.8) is 0 Å². The predicted molar refractivity (Wildman–Crippen MR) is 62.4 cm³/mol. The molecule has 2 rings (SSSR count). The molecule has 2 heteroatoms. The number of hydrogen-bond acceptors (Lipinski definition) is 2. The number of aliphatic hydroxyl groups excluding tert-OH is 1. The largest absolute Gasteiger partial charge is 0.391 e. The third-order valence-corrected chi connectivity index (χ3v) is 5.05. The van der Waals surface area contributed by atoms with E-state index < -0.39 is 0 Å². The molecule has 2 aliphatic rings. The van der Waals surface area contributed by atoms with Gasteiger partial charge in [-0.15, -0.1) is 0 Å². The Morgan fingerprint density at radius 2 is 2.00 bits per heavy atom. The Morgan fingerprint density at radius 1 is 1.27 bits per heavy atom. The Labute approximate surface area is 93.2 Å². The highest BCUT2D eigenvalue weighted by molar-refractivity contribution is 5.07. The van der Waals surface area contributed by atoms with Crippen LogP contribution in [0.1, 0.15) is 52.4 Å². The fourth-order valence-corrected chi connectivity index (χ4v) is 4.19. The summed E-state index contributed by atoms with van der Waals surface area (Å²) in [6.45, 7) is 4.53. The summed E-state index contributed by atoms with van der Waals surface area (Å²) in [7, 11) is 0. The van der Waals surface area contributed by atoms with Gasteiger partial charge >= 0.3 is 0 Å². The molecule has 0 aromatic carbocycles. The van der Waals surface area contributed by atoms with Gasteiger partial charge in [0.2, 0.25) is 0 Å². The first-order valence-corrected chi connectivity index (χ1v) is 6.57. The maximum atomic E-state index is 10.3. The molecule has 2 nitrogen and oxygen atoms in total. The maximum absolute atomic E-state index is 10.3. The smallest absolute Gasteiger partial charge is 0.0725 e. The van der Waals surface area contributed by atoms with Gasteiger partial charge in [0.05, 0.1) is 6.10 Å². The molecule has 0 saturated heterocycles. The van der Waals surface area contributed by atoms with Crippen molar-refractivity contribution >= 4 is 0 Å². The molecule has 15 heavy (non-hydrogen) atoms. The van der Waals surface area contributed by atoms with E-state index in [-0.39, 0.29) is 11.6 Å². The van der Waals surface area contributed by atoms with Crippen LogP contribution in [0, 0.1) is 17.8 Å². The van der Waals surface area contributed by atoms with E-state index >= 15 is 0 Å². The lowest BCUT2D eigenvalue weighted by molar-refractivity contribution is -0.0684. The zero-order valence-corrected chi connectivity index (χ0v) is 10.1. The Morgan fingerprint density at radius 3 is 2.67 bits per heavy atom. The lowest BCUT2D eigenvalue weighted by Gasteiger charge is -2.55. The van der Waals surface area contributed by atoms with Gasteiger partial charge in [-0.25, -0.2) is 0 Å². The summed E-state index contributed by atoms with van der Waals surface area (Å²) in [6.07, 6.45) is 6.69. The topological polar surface area (TPSA) is 46.2 Å². The van der Waals surface area contributed by atoms with Gasteiger partial charge in [-0.05, 0) is 37.0 Å². The molecule has 0 aromatic rings. The van der Waals surface area contributed by atoms with E-state index in [0.29, 0.717) is 17.8 Å². The summed E-state index contributed by atoms with van der Waals surface area (Å²) < 4.78 is 0. The zero-order chi connectivity index (χ0) is 11.1. The molecule has 4 unspecified atom stereocenters. The van der Waals surface area contributed by atoms with Gasteiger partial charge < -0.3 is 10.8 Å². The van der Waals surface area contributed by atoms with Gasteiger partial charge in [0.15, 0.2) is 0 Å². The van der Waals surface area contributed by atoms with E-state index in [0.717, 1.165) is 19.3 Å². The van der Waals surface area contributed by atoms with E-state index in [1.54, 1.807) is 0 Å². The lowest BCUT2D eigenvalue weighted by Crippen LogP contribution is -2.66. The zero-order valence-electron chi connectivity index (χ0n) is 10.1. The molecule has 0 heterocycles. The number of hydrogen-bond donors (Lipinski definition) is 2. The van der Waals surface area contributed by atoms with Crippen molar-refractivity contribution < 1.29 is 5.11 Å². The highest BCUT2D eigenvalue weighted by atomic mass is 16.3. The Bertz CT molecular complexity index is 231. The molecule has 2 aliphatic carbocycles. The molecule has 2 saturated carbocycles. The van der Waals surface area contributed by atoms with Crippen molar-refractivity contribution in [1.29, 1.82) is 0 Å². The fourth-order valence-electron chi connectivity index (χ4n) is 4.19. The summed E-state index contributed by atoms with van der Waals surface area (Å²) in [4.78, 5) is 0. The summed E-state index contributed by atoms with van der Waals surface area (Å²) in [5.74, 6) is 1.78. The van der Waals surface area contributed by atoms with Crippen LogP contribution in [0.25, 0.3) is 0 Å². The number of nitrogens with two attached hydrogens (primary N) is 1. The van der Waals surface area contributed by atoms with Crippen LogP contribution in [-0.2, 0) is 0 Å². The summed E-state index contributed by atoms with van der Waals surface area (Å²) in [5.41, 5.74) is 6.33.